The lowest BCUT2D eigenvalue weighted by molar-refractivity contribution is -0.116. The van der Waals surface area contributed by atoms with Gasteiger partial charge in [-0.05, 0) is 61.3 Å². The molecule has 0 atom stereocenters. The first-order valence-electron chi connectivity index (χ1n) is 10.1. The SMILES string of the molecule is CCN1CCN(c2ccc(NC(=O)CCc3cccc(OC)c3)c(C)c2)CC1. The summed E-state index contributed by atoms with van der Waals surface area (Å²) in [4.78, 5) is 17.3. The maximum atomic E-state index is 12.4. The summed E-state index contributed by atoms with van der Waals surface area (Å²) in [6, 6.07) is 14.2. The standard InChI is InChI=1S/C23H31N3O2/c1-4-25-12-14-26(15-13-25)20-9-10-22(18(2)16-20)24-23(27)11-8-19-6-5-7-21(17-19)28-3/h5-7,9-10,16-17H,4,8,11-15H2,1-3H3,(H,24,27). The number of hydrogen-bond acceptors (Lipinski definition) is 4. The molecule has 0 aliphatic carbocycles. The van der Waals surface area contributed by atoms with Crippen molar-refractivity contribution in [1.82, 2.24) is 4.90 Å². The summed E-state index contributed by atoms with van der Waals surface area (Å²) in [7, 11) is 1.65. The number of nitrogens with one attached hydrogen (secondary N) is 1. The highest BCUT2D eigenvalue weighted by Gasteiger charge is 2.16. The summed E-state index contributed by atoms with van der Waals surface area (Å²) in [5.41, 5.74) is 4.34. The predicted molar refractivity (Wildman–Crippen MR) is 115 cm³/mol. The van der Waals surface area contributed by atoms with E-state index < -0.39 is 0 Å². The summed E-state index contributed by atoms with van der Waals surface area (Å²) in [5, 5.41) is 3.06. The fourth-order valence-corrected chi connectivity index (χ4v) is 3.61. The highest BCUT2D eigenvalue weighted by atomic mass is 16.5. The van der Waals surface area contributed by atoms with Gasteiger partial charge in [-0.15, -0.1) is 0 Å². The van der Waals surface area contributed by atoms with Crippen LogP contribution in [0.4, 0.5) is 11.4 Å². The lowest BCUT2D eigenvalue weighted by Gasteiger charge is -2.35. The maximum absolute atomic E-state index is 12.4. The van der Waals surface area contributed by atoms with Crippen molar-refractivity contribution in [3.8, 4) is 5.75 Å². The Morgan fingerprint density at radius 3 is 2.57 bits per heavy atom. The zero-order valence-corrected chi connectivity index (χ0v) is 17.2. The Morgan fingerprint density at radius 1 is 1.11 bits per heavy atom. The summed E-state index contributed by atoms with van der Waals surface area (Å²) >= 11 is 0. The Morgan fingerprint density at radius 2 is 1.89 bits per heavy atom. The number of anilines is 2. The van der Waals surface area contributed by atoms with Crippen molar-refractivity contribution < 1.29 is 9.53 Å². The van der Waals surface area contributed by atoms with E-state index in [0.717, 1.165) is 55.3 Å². The molecule has 1 saturated heterocycles. The number of methoxy groups -OCH3 is 1. The number of hydrogen-bond donors (Lipinski definition) is 1. The number of ether oxygens (including phenoxy) is 1. The van der Waals surface area contributed by atoms with Gasteiger partial charge in [0.2, 0.25) is 5.91 Å². The molecule has 1 heterocycles. The van der Waals surface area contributed by atoms with E-state index in [1.54, 1.807) is 7.11 Å². The number of nitrogens with zero attached hydrogens (tertiary/aromatic N) is 2. The molecule has 150 valence electrons. The van der Waals surface area contributed by atoms with Crippen LogP contribution in [0.15, 0.2) is 42.5 Å². The number of amides is 1. The van der Waals surface area contributed by atoms with Crippen LogP contribution >= 0.6 is 0 Å². The Kier molecular flexibility index (Phi) is 6.93. The number of aryl methyl sites for hydroxylation is 2. The minimum atomic E-state index is 0.0373. The molecule has 0 radical (unpaired) electrons. The van der Waals surface area contributed by atoms with Gasteiger partial charge >= 0.3 is 0 Å². The first-order chi connectivity index (χ1) is 13.6. The van der Waals surface area contributed by atoms with Gasteiger partial charge < -0.3 is 19.9 Å². The van der Waals surface area contributed by atoms with Crippen molar-refractivity contribution in [2.45, 2.75) is 26.7 Å². The van der Waals surface area contributed by atoms with Gasteiger partial charge in [-0.3, -0.25) is 4.79 Å². The highest BCUT2D eigenvalue weighted by molar-refractivity contribution is 5.91. The molecule has 1 fully saturated rings. The van der Waals surface area contributed by atoms with Crippen molar-refractivity contribution in [2.24, 2.45) is 0 Å². The Balaban J connectivity index is 1.54. The minimum absolute atomic E-state index is 0.0373. The number of carbonyl (C=O) groups excluding carboxylic acids is 1. The van der Waals surface area contributed by atoms with Gasteiger partial charge in [0.05, 0.1) is 7.11 Å². The summed E-state index contributed by atoms with van der Waals surface area (Å²) in [6.07, 6.45) is 1.15. The second kappa shape index (κ2) is 9.60. The van der Waals surface area contributed by atoms with Crippen LogP contribution in [0.1, 0.15) is 24.5 Å². The van der Waals surface area contributed by atoms with Crippen LogP contribution in [0.25, 0.3) is 0 Å². The third-order valence-electron chi connectivity index (χ3n) is 5.44. The molecule has 5 heteroatoms. The monoisotopic (exact) mass is 381 g/mol. The van der Waals surface area contributed by atoms with Gasteiger partial charge in [0.1, 0.15) is 5.75 Å². The molecule has 0 aromatic heterocycles. The van der Waals surface area contributed by atoms with E-state index in [4.69, 9.17) is 4.74 Å². The van der Waals surface area contributed by atoms with Crippen LogP contribution in [-0.4, -0.2) is 50.6 Å². The fourth-order valence-electron chi connectivity index (χ4n) is 3.61. The van der Waals surface area contributed by atoms with Crippen LogP contribution in [0.3, 0.4) is 0 Å². The second-order valence-electron chi connectivity index (χ2n) is 7.32. The van der Waals surface area contributed by atoms with E-state index in [-0.39, 0.29) is 5.91 Å². The Hall–Kier alpha value is -2.53. The van der Waals surface area contributed by atoms with Gasteiger partial charge in [-0.2, -0.15) is 0 Å². The average Bonchev–Trinajstić information content (AvgIpc) is 2.74. The molecule has 0 bridgehead atoms. The minimum Gasteiger partial charge on any atom is -0.497 e. The molecule has 1 aliphatic rings. The molecule has 1 N–H and O–H groups in total. The van der Waals surface area contributed by atoms with Crippen molar-refractivity contribution in [3.05, 3.63) is 53.6 Å². The van der Waals surface area contributed by atoms with Crippen LogP contribution < -0.4 is 15.0 Å². The largest absolute Gasteiger partial charge is 0.497 e. The van der Waals surface area contributed by atoms with Crippen LogP contribution in [0.5, 0.6) is 5.75 Å². The molecule has 0 spiro atoms. The van der Waals surface area contributed by atoms with E-state index in [1.807, 2.05) is 30.3 Å². The molecular weight excluding hydrogens is 350 g/mol. The molecule has 28 heavy (non-hydrogen) atoms. The molecular formula is C23H31N3O2. The van der Waals surface area contributed by atoms with Gasteiger partial charge in [0.15, 0.2) is 0 Å². The smallest absolute Gasteiger partial charge is 0.224 e. The lowest BCUT2D eigenvalue weighted by Crippen LogP contribution is -2.46. The molecule has 2 aromatic rings. The first kappa shape index (κ1) is 20.2. The topological polar surface area (TPSA) is 44.8 Å². The van der Waals surface area contributed by atoms with E-state index in [1.165, 1.54) is 5.69 Å². The van der Waals surface area contributed by atoms with Gasteiger partial charge in [-0.1, -0.05) is 19.1 Å². The number of likely N-dealkylation sites (N-methyl/N-ethyl adjacent to an activating group) is 1. The summed E-state index contributed by atoms with van der Waals surface area (Å²) in [5.74, 6) is 0.861. The van der Waals surface area contributed by atoms with E-state index >= 15 is 0 Å². The van der Waals surface area contributed by atoms with Crippen molar-refractivity contribution in [3.63, 3.8) is 0 Å². The Labute approximate surface area is 168 Å². The van der Waals surface area contributed by atoms with E-state index in [9.17, 15) is 4.79 Å². The number of rotatable bonds is 7. The van der Waals surface area contributed by atoms with Crippen LogP contribution in [-0.2, 0) is 11.2 Å². The zero-order valence-electron chi connectivity index (χ0n) is 17.2. The molecule has 2 aromatic carbocycles. The third kappa shape index (κ3) is 5.26. The lowest BCUT2D eigenvalue weighted by atomic mass is 10.1. The van der Waals surface area contributed by atoms with E-state index in [2.05, 4.69) is 41.1 Å². The Bertz CT molecular complexity index is 798. The quantitative estimate of drug-likeness (QED) is 0.794. The highest BCUT2D eigenvalue weighted by Crippen LogP contribution is 2.24. The van der Waals surface area contributed by atoms with Crippen molar-refractivity contribution in [1.29, 1.82) is 0 Å². The number of benzene rings is 2. The first-order valence-corrected chi connectivity index (χ1v) is 10.1. The molecule has 1 amide bonds. The predicted octanol–water partition coefficient (Wildman–Crippen LogP) is 3.72. The van der Waals surface area contributed by atoms with E-state index in [0.29, 0.717) is 12.8 Å². The zero-order chi connectivity index (χ0) is 19.9. The van der Waals surface area contributed by atoms with Crippen molar-refractivity contribution >= 4 is 17.3 Å². The van der Waals surface area contributed by atoms with Gasteiger partial charge in [0, 0.05) is 44.0 Å². The number of carbonyl (C=O) groups is 1. The summed E-state index contributed by atoms with van der Waals surface area (Å²) in [6.45, 7) is 9.72. The van der Waals surface area contributed by atoms with Crippen LogP contribution in [0, 0.1) is 6.92 Å². The second-order valence-corrected chi connectivity index (χ2v) is 7.32. The fraction of sp³-hybridized carbons (Fsp3) is 0.435. The molecule has 0 unspecified atom stereocenters. The molecule has 5 nitrogen and oxygen atoms in total. The van der Waals surface area contributed by atoms with Crippen molar-refractivity contribution in [2.75, 3.05) is 50.1 Å². The summed E-state index contributed by atoms with van der Waals surface area (Å²) < 4.78 is 5.24. The normalized spacial score (nSPS) is 14.8. The third-order valence-corrected chi connectivity index (χ3v) is 5.44. The molecule has 1 aliphatic heterocycles. The number of piperazine rings is 1. The van der Waals surface area contributed by atoms with Gasteiger partial charge in [0.25, 0.3) is 0 Å². The molecule has 0 saturated carbocycles. The van der Waals surface area contributed by atoms with Crippen LogP contribution in [0.2, 0.25) is 0 Å². The average molecular weight is 382 g/mol. The maximum Gasteiger partial charge on any atom is 0.224 e. The van der Waals surface area contributed by atoms with Gasteiger partial charge in [-0.25, -0.2) is 0 Å². The molecule has 3 rings (SSSR count).